The molecule has 0 fully saturated rings. The lowest BCUT2D eigenvalue weighted by molar-refractivity contribution is 0.418. The summed E-state index contributed by atoms with van der Waals surface area (Å²) < 4.78 is 5.06. The molecule has 2 radical (unpaired) electrons. The molecule has 0 aliphatic heterocycles. The molecular weight excluding hydrogens is 151 g/mol. The number of H-pyrrole nitrogens is 1. The molecule has 58 valence electrons. The lowest BCUT2D eigenvalue weighted by atomic mass is 9.91. The van der Waals surface area contributed by atoms with Crippen molar-refractivity contribution < 1.29 is 4.74 Å². The molecule has 1 aromatic carbocycles. The Morgan fingerprint density at radius 1 is 1.50 bits per heavy atom. The summed E-state index contributed by atoms with van der Waals surface area (Å²) in [5.74, 6) is 0.684. The Balaban J connectivity index is 2.78. The first-order chi connectivity index (χ1) is 5.83. The fourth-order valence-corrected chi connectivity index (χ4v) is 1.20. The molecular formula is C8H7BN2O. The molecule has 12 heavy (non-hydrogen) atoms. The maximum atomic E-state index is 5.79. The molecule has 0 unspecified atom stereocenters. The van der Waals surface area contributed by atoms with Gasteiger partial charge in [-0.3, -0.25) is 5.10 Å². The Morgan fingerprint density at radius 3 is 3.08 bits per heavy atom. The van der Waals surface area contributed by atoms with E-state index < -0.39 is 0 Å². The van der Waals surface area contributed by atoms with E-state index in [1.807, 2.05) is 12.1 Å². The summed E-state index contributed by atoms with van der Waals surface area (Å²) in [6.45, 7) is 0. The SMILES string of the molecule is [B]c1c(OC)ccc2[nH]ncc12. The molecule has 0 spiro atoms. The highest BCUT2D eigenvalue weighted by Gasteiger charge is 2.03. The summed E-state index contributed by atoms with van der Waals surface area (Å²) in [4.78, 5) is 0. The Kier molecular flexibility index (Phi) is 1.53. The Labute approximate surface area is 71.1 Å². The molecule has 1 N–H and O–H groups in total. The zero-order valence-corrected chi connectivity index (χ0v) is 6.66. The van der Waals surface area contributed by atoms with Gasteiger partial charge >= 0.3 is 0 Å². The normalized spacial score (nSPS) is 10.4. The molecule has 4 heteroatoms. The number of nitrogens with zero attached hydrogens (tertiary/aromatic N) is 1. The number of aromatic nitrogens is 2. The van der Waals surface area contributed by atoms with Crippen LogP contribution in [0.1, 0.15) is 0 Å². The second-order valence-electron chi connectivity index (χ2n) is 2.51. The minimum atomic E-state index is 0.628. The number of aromatic amines is 1. The Bertz CT molecular complexity index is 410. The Hall–Kier alpha value is -1.45. The third-order valence-corrected chi connectivity index (χ3v) is 1.85. The molecule has 0 saturated carbocycles. The minimum Gasteiger partial charge on any atom is -0.497 e. The number of rotatable bonds is 1. The van der Waals surface area contributed by atoms with Crippen LogP contribution in [0.3, 0.4) is 0 Å². The molecule has 0 amide bonds. The van der Waals surface area contributed by atoms with Crippen molar-refractivity contribution in [1.29, 1.82) is 0 Å². The van der Waals surface area contributed by atoms with E-state index in [1.54, 1.807) is 13.3 Å². The van der Waals surface area contributed by atoms with Crippen LogP contribution in [0, 0.1) is 0 Å². The van der Waals surface area contributed by atoms with Crippen LogP contribution in [-0.2, 0) is 0 Å². The first-order valence-electron chi connectivity index (χ1n) is 3.58. The van der Waals surface area contributed by atoms with Crippen molar-refractivity contribution in [2.45, 2.75) is 0 Å². The van der Waals surface area contributed by atoms with Gasteiger partial charge in [-0.2, -0.15) is 5.10 Å². The second-order valence-corrected chi connectivity index (χ2v) is 2.51. The molecule has 1 heterocycles. The van der Waals surface area contributed by atoms with E-state index in [0.29, 0.717) is 11.2 Å². The quantitative estimate of drug-likeness (QED) is 0.608. The average Bonchev–Trinajstić information content (AvgIpc) is 2.53. The summed E-state index contributed by atoms with van der Waals surface area (Å²) >= 11 is 0. The van der Waals surface area contributed by atoms with Gasteiger partial charge < -0.3 is 4.74 Å². The third kappa shape index (κ3) is 0.880. The zero-order valence-electron chi connectivity index (χ0n) is 6.66. The van der Waals surface area contributed by atoms with E-state index in [9.17, 15) is 0 Å². The van der Waals surface area contributed by atoms with Gasteiger partial charge in [-0.05, 0) is 17.6 Å². The first kappa shape index (κ1) is 7.22. The van der Waals surface area contributed by atoms with Crippen molar-refractivity contribution in [3.05, 3.63) is 18.3 Å². The standard InChI is InChI=1S/C8H7BN2O/c1-12-7-3-2-6-5(8(7)9)4-10-11-6/h2-4H,1H3,(H,10,11). The van der Waals surface area contributed by atoms with Crippen LogP contribution in [0.4, 0.5) is 0 Å². The highest BCUT2D eigenvalue weighted by molar-refractivity contribution is 6.40. The van der Waals surface area contributed by atoms with E-state index in [2.05, 4.69) is 10.2 Å². The zero-order chi connectivity index (χ0) is 8.55. The molecule has 1 aromatic heterocycles. The number of benzene rings is 1. The summed E-state index contributed by atoms with van der Waals surface area (Å²) in [6, 6.07) is 3.70. The highest BCUT2D eigenvalue weighted by atomic mass is 16.5. The largest absolute Gasteiger partial charge is 0.497 e. The van der Waals surface area contributed by atoms with Gasteiger partial charge in [0.05, 0.1) is 18.8 Å². The molecule has 2 aromatic rings. The van der Waals surface area contributed by atoms with E-state index >= 15 is 0 Å². The van der Waals surface area contributed by atoms with Crippen LogP contribution >= 0.6 is 0 Å². The van der Waals surface area contributed by atoms with Crippen molar-refractivity contribution >= 4 is 24.2 Å². The fourth-order valence-electron chi connectivity index (χ4n) is 1.20. The summed E-state index contributed by atoms with van der Waals surface area (Å²) in [7, 11) is 7.38. The van der Waals surface area contributed by atoms with Gasteiger partial charge in [0.15, 0.2) is 0 Å². The monoisotopic (exact) mass is 158 g/mol. The van der Waals surface area contributed by atoms with Gasteiger partial charge in [0.1, 0.15) is 13.6 Å². The maximum Gasteiger partial charge on any atom is 0.120 e. The number of ether oxygens (including phenoxy) is 1. The van der Waals surface area contributed by atoms with E-state index in [-0.39, 0.29) is 0 Å². The van der Waals surface area contributed by atoms with Crippen LogP contribution in [0.25, 0.3) is 10.9 Å². The molecule has 0 bridgehead atoms. The van der Waals surface area contributed by atoms with Crippen LogP contribution in [0.5, 0.6) is 5.75 Å². The first-order valence-corrected chi connectivity index (χ1v) is 3.58. The smallest absolute Gasteiger partial charge is 0.120 e. The number of fused-ring (bicyclic) bond motifs is 1. The van der Waals surface area contributed by atoms with Crippen LogP contribution in [-0.4, -0.2) is 25.2 Å². The van der Waals surface area contributed by atoms with Crippen LogP contribution < -0.4 is 10.2 Å². The third-order valence-electron chi connectivity index (χ3n) is 1.85. The molecule has 3 nitrogen and oxygen atoms in total. The molecule has 0 aliphatic carbocycles. The Morgan fingerprint density at radius 2 is 2.33 bits per heavy atom. The average molecular weight is 158 g/mol. The summed E-state index contributed by atoms with van der Waals surface area (Å²) in [5, 5.41) is 7.60. The summed E-state index contributed by atoms with van der Waals surface area (Å²) in [5.41, 5.74) is 1.55. The van der Waals surface area contributed by atoms with Crippen molar-refractivity contribution in [2.75, 3.05) is 7.11 Å². The second kappa shape index (κ2) is 2.55. The van der Waals surface area contributed by atoms with Gasteiger partial charge in [0.25, 0.3) is 0 Å². The summed E-state index contributed by atoms with van der Waals surface area (Å²) in [6.07, 6.45) is 1.69. The maximum absolute atomic E-state index is 5.79. The van der Waals surface area contributed by atoms with E-state index in [0.717, 1.165) is 10.9 Å². The van der Waals surface area contributed by atoms with Crippen LogP contribution in [0.2, 0.25) is 0 Å². The van der Waals surface area contributed by atoms with Gasteiger partial charge in [0, 0.05) is 5.39 Å². The number of methoxy groups -OCH3 is 1. The van der Waals surface area contributed by atoms with Gasteiger partial charge in [-0.1, -0.05) is 0 Å². The number of hydrogen-bond donors (Lipinski definition) is 1. The van der Waals surface area contributed by atoms with Crippen molar-refractivity contribution in [3.8, 4) is 5.75 Å². The molecule has 0 saturated heterocycles. The van der Waals surface area contributed by atoms with Crippen LogP contribution in [0.15, 0.2) is 18.3 Å². The molecule has 0 aliphatic rings. The van der Waals surface area contributed by atoms with Gasteiger partial charge in [-0.25, -0.2) is 0 Å². The molecule has 2 rings (SSSR count). The van der Waals surface area contributed by atoms with Crippen molar-refractivity contribution in [3.63, 3.8) is 0 Å². The van der Waals surface area contributed by atoms with E-state index in [1.165, 1.54) is 0 Å². The van der Waals surface area contributed by atoms with Gasteiger partial charge in [0.2, 0.25) is 0 Å². The topological polar surface area (TPSA) is 37.9 Å². The van der Waals surface area contributed by atoms with Crippen molar-refractivity contribution in [2.24, 2.45) is 0 Å². The predicted octanol–water partition coefficient (Wildman–Crippen LogP) is 0.365. The fraction of sp³-hybridized carbons (Fsp3) is 0.125. The number of nitrogens with one attached hydrogen (secondary N) is 1. The minimum absolute atomic E-state index is 0.628. The highest BCUT2D eigenvalue weighted by Crippen LogP contribution is 2.14. The lowest BCUT2D eigenvalue weighted by Gasteiger charge is -2.04. The molecule has 0 atom stereocenters. The van der Waals surface area contributed by atoms with Crippen molar-refractivity contribution in [1.82, 2.24) is 10.2 Å². The van der Waals surface area contributed by atoms with E-state index in [4.69, 9.17) is 12.6 Å². The number of hydrogen-bond acceptors (Lipinski definition) is 2. The van der Waals surface area contributed by atoms with Gasteiger partial charge in [-0.15, -0.1) is 0 Å². The predicted molar refractivity (Wildman–Crippen MR) is 48.0 cm³/mol. The lowest BCUT2D eigenvalue weighted by Crippen LogP contribution is -2.07.